The minimum Gasteiger partial charge on any atom is -0.392 e. The highest BCUT2D eigenvalue weighted by Crippen LogP contribution is 2.20. The van der Waals surface area contributed by atoms with E-state index in [2.05, 4.69) is 34.9 Å². The molecule has 2 heterocycles. The van der Waals surface area contributed by atoms with E-state index in [1.54, 1.807) is 0 Å². The first kappa shape index (κ1) is 13.5. The van der Waals surface area contributed by atoms with Crippen molar-refractivity contribution in [2.45, 2.75) is 32.0 Å². The zero-order valence-corrected chi connectivity index (χ0v) is 11.5. The first-order chi connectivity index (χ1) is 8.54. The maximum absolute atomic E-state index is 9.83. The molecule has 0 spiro atoms. The lowest BCUT2D eigenvalue weighted by Crippen LogP contribution is -2.37. The van der Waals surface area contributed by atoms with Gasteiger partial charge in [0.05, 0.1) is 11.8 Å². The summed E-state index contributed by atoms with van der Waals surface area (Å²) in [5.74, 6) is 0. The Bertz CT molecular complexity index is 394. The molecule has 1 aliphatic heterocycles. The Balaban J connectivity index is 2.02. The van der Waals surface area contributed by atoms with Crippen LogP contribution in [0.3, 0.4) is 0 Å². The first-order valence-corrected chi connectivity index (χ1v) is 6.54. The van der Waals surface area contributed by atoms with Gasteiger partial charge in [0.1, 0.15) is 0 Å². The number of aryl methyl sites for hydroxylation is 1. The van der Waals surface area contributed by atoms with Gasteiger partial charge in [-0.15, -0.1) is 0 Å². The van der Waals surface area contributed by atoms with Crippen molar-refractivity contribution in [1.29, 1.82) is 0 Å². The smallest absolute Gasteiger partial charge is 0.0682 e. The van der Waals surface area contributed by atoms with Gasteiger partial charge in [-0.2, -0.15) is 0 Å². The van der Waals surface area contributed by atoms with Gasteiger partial charge in [-0.1, -0.05) is 6.07 Å². The van der Waals surface area contributed by atoms with Crippen LogP contribution in [-0.4, -0.2) is 59.2 Å². The van der Waals surface area contributed by atoms with Gasteiger partial charge in [-0.25, -0.2) is 0 Å². The minimum absolute atomic E-state index is 0.195. The zero-order chi connectivity index (χ0) is 13.1. The summed E-state index contributed by atoms with van der Waals surface area (Å²) in [7, 11) is 4.15. The molecule has 0 aliphatic carbocycles. The van der Waals surface area contributed by atoms with E-state index in [0.29, 0.717) is 6.04 Å². The number of hydrogen-bond acceptors (Lipinski definition) is 4. The minimum atomic E-state index is -0.195. The van der Waals surface area contributed by atoms with Gasteiger partial charge in [0, 0.05) is 31.4 Å². The van der Waals surface area contributed by atoms with E-state index in [1.807, 2.05) is 19.1 Å². The average molecular weight is 249 g/mol. The van der Waals surface area contributed by atoms with Gasteiger partial charge in [-0.05, 0) is 39.6 Å². The van der Waals surface area contributed by atoms with Crippen molar-refractivity contribution in [2.75, 3.05) is 27.2 Å². The molecule has 1 fully saturated rings. The number of rotatable bonds is 4. The summed E-state index contributed by atoms with van der Waals surface area (Å²) in [5, 5.41) is 9.83. The Labute approximate surface area is 109 Å². The highest BCUT2D eigenvalue weighted by molar-refractivity contribution is 5.10. The molecule has 0 saturated carbocycles. The lowest BCUT2D eigenvalue weighted by molar-refractivity contribution is 0.168. The van der Waals surface area contributed by atoms with Crippen molar-refractivity contribution in [3.05, 3.63) is 29.6 Å². The highest BCUT2D eigenvalue weighted by Gasteiger charge is 2.31. The average Bonchev–Trinajstić information content (AvgIpc) is 2.58. The Hall–Kier alpha value is -0.970. The van der Waals surface area contributed by atoms with Crippen LogP contribution in [0.2, 0.25) is 0 Å². The van der Waals surface area contributed by atoms with Gasteiger partial charge in [-0.3, -0.25) is 9.88 Å². The predicted molar refractivity (Wildman–Crippen MR) is 72.3 cm³/mol. The number of likely N-dealkylation sites (N-methyl/N-ethyl adjacent to an activating group) is 1. The maximum Gasteiger partial charge on any atom is 0.0682 e. The predicted octanol–water partition coefficient (Wildman–Crippen LogP) is 0.887. The Kier molecular flexibility index (Phi) is 4.32. The quantitative estimate of drug-likeness (QED) is 0.860. The summed E-state index contributed by atoms with van der Waals surface area (Å²) in [6.45, 7) is 4.59. The molecule has 2 rings (SSSR count). The summed E-state index contributed by atoms with van der Waals surface area (Å²) >= 11 is 0. The van der Waals surface area contributed by atoms with E-state index in [4.69, 9.17) is 0 Å². The normalized spacial score (nSPS) is 24.9. The largest absolute Gasteiger partial charge is 0.392 e. The first-order valence-electron chi connectivity index (χ1n) is 6.54. The van der Waals surface area contributed by atoms with E-state index < -0.39 is 0 Å². The summed E-state index contributed by atoms with van der Waals surface area (Å²) < 4.78 is 0. The molecule has 2 unspecified atom stereocenters. The van der Waals surface area contributed by atoms with Crippen molar-refractivity contribution in [3.63, 3.8) is 0 Å². The third kappa shape index (κ3) is 3.51. The number of nitrogens with zero attached hydrogens (tertiary/aromatic N) is 3. The van der Waals surface area contributed by atoms with Crippen LogP contribution in [0.25, 0.3) is 0 Å². The number of aromatic nitrogens is 1. The fourth-order valence-corrected chi connectivity index (χ4v) is 2.66. The molecule has 100 valence electrons. The molecule has 0 radical (unpaired) electrons. The molecule has 1 saturated heterocycles. The molecule has 0 aromatic carbocycles. The van der Waals surface area contributed by atoms with Crippen LogP contribution in [0.4, 0.5) is 0 Å². The number of likely N-dealkylation sites (tertiary alicyclic amines) is 1. The highest BCUT2D eigenvalue weighted by atomic mass is 16.3. The maximum atomic E-state index is 9.83. The van der Waals surface area contributed by atoms with E-state index in [0.717, 1.165) is 37.4 Å². The molecule has 2 atom stereocenters. The van der Waals surface area contributed by atoms with Crippen molar-refractivity contribution >= 4 is 0 Å². The number of aliphatic hydroxyl groups excluding tert-OH is 1. The Morgan fingerprint density at radius 1 is 1.44 bits per heavy atom. The van der Waals surface area contributed by atoms with Crippen LogP contribution in [0, 0.1) is 6.92 Å². The van der Waals surface area contributed by atoms with Gasteiger partial charge in [0.2, 0.25) is 0 Å². The fraction of sp³-hybridized carbons (Fsp3) is 0.643. The lowest BCUT2D eigenvalue weighted by atomic mass is 10.2. The summed E-state index contributed by atoms with van der Waals surface area (Å²) in [5.41, 5.74) is 2.14. The van der Waals surface area contributed by atoms with Crippen LogP contribution in [0.15, 0.2) is 18.2 Å². The number of pyridine rings is 1. The Morgan fingerprint density at radius 3 is 2.89 bits per heavy atom. The van der Waals surface area contributed by atoms with Gasteiger partial charge in [0.15, 0.2) is 0 Å². The van der Waals surface area contributed by atoms with Gasteiger partial charge >= 0.3 is 0 Å². The molecule has 1 N–H and O–H groups in total. The molecule has 18 heavy (non-hydrogen) atoms. The zero-order valence-electron chi connectivity index (χ0n) is 11.5. The van der Waals surface area contributed by atoms with E-state index in [-0.39, 0.29) is 6.10 Å². The van der Waals surface area contributed by atoms with Gasteiger partial charge in [0.25, 0.3) is 0 Å². The van der Waals surface area contributed by atoms with Crippen molar-refractivity contribution in [1.82, 2.24) is 14.8 Å². The number of β-amino-alcohol motifs (C(OH)–C–C–N with tert-alkyl or cyclic N) is 1. The molecule has 1 aliphatic rings. The summed E-state index contributed by atoms with van der Waals surface area (Å²) in [6.07, 6.45) is 0.670. The molecule has 1 aromatic rings. The molecule has 1 aromatic heterocycles. The molecular formula is C14H23N3O. The number of aliphatic hydroxyl groups is 1. The van der Waals surface area contributed by atoms with Crippen molar-refractivity contribution < 1.29 is 5.11 Å². The monoisotopic (exact) mass is 249 g/mol. The number of hydrogen-bond donors (Lipinski definition) is 1. The summed E-state index contributed by atoms with van der Waals surface area (Å²) in [6, 6.07) is 6.55. The third-order valence-electron chi connectivity index (χ3n) is 3.39. The van der Waals surface area contributed by atoms with Crippen LogP contribution >= 0.6 is 0 Å². The van der Waals surface area contributed by atoms with E-state index in [9.17, 15) is 5.11 Å². The lowest BCUT2D eigenvalue weighted by Gasteiger charge is -2.26. The van der Waals surface area contributed by atoms with Crippen LogP contribution in [0.5, 0.6) is 0 Å². The van der Waals surface area contributed by atoms with Gasteiger partial charge < -0.3 is 10.0 Å². The SMILES string of the molecule is Cc1cccc(CN2CC(O)CC2CN(C)C)n1. The molecule has 4 nitrogen and oxygen atoms in total. The van der Waals surface area contributed by atoms with E-state index in [1.165, 1.54) is 0 Å². The van der Waals surface area contributed by atoms with Crippen LogP contribution in [-0.2, 0) is 6.54 Å². The van der Waals surface area contributed by atoms with Crippen LogP contribution in [0.1, 0.15) is 17.8 Å². The fourth-order valence-electron chi connectivity index (χ4n) is 2.66. The molecule has 0 amide bonds. The molecule has 0 bridgehead atoms. The van der Waals surface area contributed by atoms with E-state index >= 15 is 0 Å². The molecule has 4 heteroatoms. The summed E-state index contributed by atoms with van der Waals surface area (Å²) in [4.78, 5) is 9.06. The second-order valence-corrected chi connectivity index (χ2v) is 5.51. The standard InChI is InChI=1S/C14H23N3O/c1-11-5-4-6-12(15-11)8-17-10-14(18)7-13(17)9-16(2)3/h4-6,13-14,18H,7-10H2,1-3H3. The molecular weight excluding hydrogens is 226 g/mol. The second-order valence-electron chi connectivity index (χ2n) is 5.51. The van der Waals surface area contributed by atoms with Crippen LogP contribution < -0.4 is 0 Å². The van der Waals surface area contributed by atoms with Crippen molar-refractivity contribution in [2.24, 2.45) is 0 Å². The second kappa shape index (κ2) is 5.78. The van der Waals surface area contributed by atoms with Crippen molar-refractivity contribution in [3.8, 4) is 0 Å². The third-order valence-corrected chi connectivity index (χ3v) is 3.39. The Morgan fingerprint density at radius 2 is 2.22 bits per heavy atom. The topological polar surface area (TPSA) is 39.6 Å².